The van der Waals surface area contributed by atoms with Crippen molar-refractivity contribution in [3.8, 4) is 0 Å². The van der Waals surface area contributed by atoms with Gasteiger partial charge in [0.1, 0.15) is 4.88 Å². The Labute approximate surface area is 177 Å². The molecule has 1 aromatic carbocycles. The summed E-state index contributed by atoms with van der Waals surface area (Å²) in [7, 11) is -3.43. The monoisotopic (exact) mass is 435 g/mol. The number of aromatic nitrogens is 1. The predicted octanol–water partition coefficient (Wildman–Crippen LogP) is 3.75. The van der Waals surface area contributed by atoms with Crippen molar-refractivity contribution in [1.29, 1.82) is 0 Å². The Balaban J connectivity index is 1.61. The molecular formula is C21H29N3O3S2. The number of carbonyl (C=O) groups is 1. The Morgan fingerprint density at radius 1 is 1.17 bits per heavy atom. The second-order valence-electron chi connectivity index (χ2n) is 7.91. The Bertz CT molecular complexity index is 944. The number of carbonyl (C=O) groups excluding carboxylic acids is 1. The van der Waals surface area contributed by atoms with Gasteiger partial charge >= 0.3 is 0 Å². The summed E-state index contributed by atoms with van der Waals surface area (Å²) < 4.78 is 27.0. The first-order chi connectivity index (χ1) is 13.8. The molecule has 0 radical (unpaired) electrons. The predicted molar refractivity (Wildman–Crippen MR) is 116 cm³/mol. The molecule has 0 saturated carbocycles. The summed E-state index contributed by atoms with van der Waals surface area (Å²) in [5, 5.41) is 3.90. The fourth-order valence-electron chi connectivity index (χ4n) is 3.40. The smallest absolute Gasteiger partial charge is 0.263 e. The lowest BCUT2D eigenvalue weighted by Crippen LogP contribution is -2.35. The number of hydrogen-bond acceptors (Lipinski definition) is 5. The number of nitrogens with one attached hydrogen (secondary N) is 1. The summed E-state index contributed by atoms with van der Waals surface area (Å²) in [4.78, 5) is 18.0. The molecule has 2 heterocycles. The molecule has 1 amide bonds. The van der Waals surface area contributed by atoms with Crippen molar-refractivity contribution in [3.63, 3.8) is 0 Å². The zero-order valence-electron chi connectivity index (χ0n) is 17.3. The average Bonchev–Trinajstić information content (AvgIpc) is 3.06. The molecule has 0 atom stereocenters. The highest BCUT2D eigenvalue weighted by Gasteiger charge is 2.25. The van der Waals surface area contributed by atoms with E-state index in [-0.39, 0.29) is 5.91 Å². The molecule has 6 nitrogen and oxygen atoms in total. The molecular weight excluding hydrogens is 406 g/mol. The van der Waals surface area contributed by atoms with Gasteiger partial charge in [0.05, 0.1) is 15.6 Å². The summed E-state index contributed by atoms with van der Waals surface area (Å²) >= 11 is 1.44. The first-order valence-corrected chi connectivity index (χ1v) is 12.4. The van der Waals surface area contributed by atoms with E-state index in [9.17, 15) is 13.2 Å². The highest BCUT2D eigenvalue weighted by Crippen LogP contribution is 2.22. The van der Waals surface area contributed by atoms with Crippen LogP contribution in [0.4, 0.5) is 0 Å². The average molecular weight is 436 g/mol. The molecule has 0 unspecified atom stereocenters. The number of thiazole rings is 1. The van der Waals surface area contributed by atoms with Crippen LogP contribution in [0.2, 0.25) is 0 Å². The van der Waals surface area contributed by atoms with E-state index in [1.165, 1.54) is 11.3 Å². The zero-order valence-corrected chi connectivity index (χ0v) is 18.9. The van der Waals surface area contributed by atoms with Crippen molar-refractivity contribution >= 4 is 27.3 Å². The minimum atomic E-state index is -3.43. The van der Waals surface area contributed by atoms with Crippen LogP contribution in [0.3, 0.4) is 0 Å². The summed E-state index contributed by atoms with van der Waals surface area (Å²) in [6.45, 7) is 7.65. The van der Waals surface area contributed by atoms with Crippen LogP contribution in [0.15, 0.2) is 29.2 Å². The number of amides is 1. The van der Waals surface area contributed by atoms with Crippen molar-refractivity contribution in [1.82, 2.24) is 14.6 Å². The lowest BCUT2D eigenvalue weighted by molar-refractivity contribution is 0.0954. The highest BCUT2D eigenvalue weighted by molar-refractivity contribution is 7.89. The van der Waals surface area contributed by atoms with Gasteiger partial charge in [-0.2, -0.15) is 4.31 Å². The van der Waals surface area contributed by atoms with E-state index in [1.54, 1.807) is 28.6 Å². The molecule has 1 aliphatic rings. The maximum atomic E-state index is 12.7. The van der Waals surface area contributed by atoms with E-state index in [2.05, 4.69) is 24.1 Å². The minimum absolute atomic E-state index is 0.139. The lowest BCUT2D eigenvalue weighted by Gasteiger charge is -2.25. The van der Waals surface area contributed by atoms with E-state index >= 15 is 0 Å². The molecule has 1 saturated heterocycles. The quantitative estimate of drug-likeness (QED) is 0.718. The summed E-state index contributed by atoms with van der Waals surface area (Å²) in [5.74, 6) is 0.358. The standard InChI is InChI=1S/C21H29N3O3S2/c1-15(2)13-19-23-16(3)20(28-19)21(25)22-14-17-7-9-18(10-8-17)29(26,27)24-11-5-4-6-12-24/h7-10,15H,4-6,11-14H2,1-3H3,(H,22,25). The molecule has 8 heteroatoms. The van der Waals surface area contributed by atoms with Gasteiger partial charge in [-0.1, -0.05) is 32.4 Å². The van der Waals surface area contributed by atoms with Crippen molar-refractivity contribution in [2.75, 3.05) is 13.1 Å². The van der Waals surface area contributed by atoms with Crippen LogP contribution < -0.4 is 5.32 Å². The van der Waals surface area contributed by atoms with Gasteiger partial charge in [0.15, 0.2) is 0 Å². The van der Waals surface area contributed by atoms with Gasteiger partial charge in [-0.3, -0.25) is 4.79 Å². The topological polar surface area (TPSA) is 79.4 Å². The van der Waals surface area contributed by atoms with Gasteiger partial charge in [-0.15, -0.1) is 11.3 Å². The molecule has 1 aromatic heterocycles. The van der Waals surface area contributed by atoms with Crippen molar-refractivity contribution in [2.24, 2.45) is 5.92 Å². The Morgan fingerprint density at radius 3 is 2.45 bits per heavy atom. The third kappa shape index (κ3) is 5.43. The maximum Gasteiger partial charge on any atom is 0.263 e. The van der Waals surface area contributed by atoms with Gasteiger partial charge in [0.2, 0.25) is 10.0 Å². The molecule has 0 aliphatic carbocycles. The van der Waals surface area contributed by atoms with Crippen LogP contribution in [-0.2, 0) is 23.0 Å². The molecule has 0 bridgehead atoms. The maximum absolute atomic E-state index is 12.7. The molecule has 1 N–H and O–H groups in total. The largest absolute Gasteiger partial charge is 0.347 e. The molecule has 1 aliphatic heterocycles. The molecule has 0 spiro atoms. The Morgan fingerprint density at radius 2 is 1.83 bits per heavy atom. The van der Waals surface area contributed by atoms with Crippen LogP contribution >= 0.6 is 11.3 Å². The Kier molecular flexibility index (Phi) is 7.08. The molecule has 1 fully saturated rings. The fraction of sp³-hybridized carbons (Fsp3) is 0.524. The van der Waals surface area contributed by atoms with Crippen molar-refractivity contribution < 1.29 is 13.2 Å². The number of nitrogens with zero attached hydrogens (tertiary/aromatic N) is 2. The SMILES string of the molecule is Cc1nc(CC(C)C)sc1C(=O)NCc1ccc(S(=O)(=O)N2CCCCC2)cc1. The van der Waals surface area contributed by atoms with Gasteiger partial charge in [-0.05, 0) is 43.4 Å². The van der Waals surface area contributed by atoms with Crippen LogP contribution in [0.5, 0.6) is 0 Å². The summed E-state index contributed by atoms with van der Waals surface area (Å²) in [5.41, 5.74) is 1.62. The normalized spacial score (nSPS) is 15.6. The van der Waals surface area contributed by atoms with E-state index in [4.69, 9.17) is 0 Å². The van der Waals surface area contributed by atoms with E-state index in [0.29, 0.717) is 35.3 Å². The third-order valence-electron chi connectivity index (χ3n) is 4.96. The molecule has 29 heavy (non-hydrogen) atoms. The van der Waals surface area contributed by atoms with E-state index in [1.807, 2.05) is 6.92 Å². The number of hydrogen-bond donors (Lipinski definition) is 1. The van der Waals surface area contributed by atoms with E-state index < -0.39 is 10.0 Å². The van der Waals surface area contributed by atoms with Gasteiger partial charge in [-0.25, -0.2) is 13.4 Å². The number of rotatable bonds is 7. The fourth-order valence-corrected chi connectivity index (χ4v) is 6.11. The second-order valence-corrected chi connectivity index (χ2v) is 10.9. The highest BCUT2D eigenvalue weighted by atomic mass is 32.2. The van der Waals surface area contributed by atoms with Crippen LogP contribution in [0.25, 0.3) is 0 Å². The number of benzene rings is 1. The Hall–Kier alpha value is -1.77. The zero-order chi connectivity index (χ0) is 21.0. The second kappa shape index (κ2) is 9.36. The number of piperidine rings is 1. The number of aryl methyl sites for hydroxylation is 1. The minimum Gasteiger partial charge on any atom is -0.347 e. The summed E-state index contributed by atoms with van der Waals surface area (Å²) in [6, 6.07) is 6.79. The molecule has 158 valence electrons. The van der Waals surface area contributed by atoms with Gasteiger partial charge < -0.3 is 5.32 Å². The van der Waals surface area contributed by atoms with Crippen molar-refractivity contribution in [3.05, 3.63) is 45.4 Å². The van der Waals surface area contributed by atoms with Crippen LogP contribution in [0, 0.1) is 12.8 Å². The third-order valence-corrected chi connectivity index (χ3v) is 8.05. The van der Waals surface area contributed by atoms with E-state index in [0.717, 1.165) is 41.9 Å². The van der Waals surface area contributed by atoms with Gasteiger partial charge in [0.25, 0.3) is 5.91 Å². The van der Waals surface area contributed by atoms with Crippen molar-refractivity contribution in [2.45, 2.75) is 57.9 Å². The van der Waals surface area contributed by atoms with Crippen LogP contribution in [-0.4, -0.2) is 36.7 Å². The van der Waals surface area contributed by atoms with Crippen LogP contribution in [0.1, 0.15) is 59.0 Å². The molecule has 2 aromatic rings. The van der Waals surface area contributed by atoms with Gasteiger partial charge in [0, 0.05) is 26.1 Å². The first kappa shape index (κ1) is 21.9. The first-order valence-electron chi connectivity index (χ1n) is 10.1. The molecule has 3 rings (SSSR count). The lowest BCUT2D eigenvalue weighted by atomic mass is 10.1. The number of sulfonamides is 1. The summed E-state index contributed by atoms with van der Waals surface area (Å²) in [6.07, 6.45) is 3.78.